The monoisotopic (exact) mass is 330 g/mol. The van der Waals surface area contributed by atoms with Crippen LogP contribution in [0.25, 0.3) is 22.1 Å². The van der Waals surface area contributed by atoms with Crippen LogP contribution in [0.4, 0.5) is 0 Å². The molecule has 1 aromatic carbocycles. The van der Waals surface area contributed by atoms with E-state index < -0.39 is 0 Å². The number of hydrogen-bond acceptors (Lipinski definition) is 6. The average Bonchev–Trinajstić information content (AvgIpc) is 2.86. The lowest BCUT2D eigenvalue weighted by molar-refractivity contribution is -0.142. The number of ether oxygens (including phenoxy) is 1. The third kappa shape index (κ3) is 2.88. The van der Waals surface area contributed by atoms with Gasteiger partial charge >= 0.3 is 5.97 Å². The van der Waals surface area contributed by atoms with Crippen LogP contribution >= 0.6 is 11.8 Å². The Bertz CT molecular complexity index is 862. The van der Waals surface area contributed by atoms with E-state index in [0.717, 1.165) is 22.1 Å². The zero-order valence-corrected chi connectivity index (χ0v) is 14.1. The molecule has 0 N–H and O–H groups in total. The second-order valence-electron chi connectivity index (χ2n) is 5.11. The molecular formula is C16H18N4O2S. The van der Waals surface area contributed by atoms with E-state index >= 15 is 0 Å². The molecule has 0 bridgehead atoms. The molecule has 2 aromatic heterocycles. The predicted molar refractivity (Wildman–Crippen MR) is 90.4 cm³/mol. The molecule has 0 aliphatic heterocycles. The minimum Gasteiger partial charge on any atom is -0.465 e. The molecule has 3 rings (SSSR count). The van der Waals surface area contributed by atoms with Crippen molar-refractivity contribution in [3.8, 4) is 0 Å². The number of carbonyl (C=O) groups is 1. The van der Waals surface area contributed by atoms with Crippen molar-refractivity contribution in [2.75, 3.05) is 6.61 Å². The van der Waals surface area contributed by atoms with Crippen LogP contribution in [-0.2, 0) is 16.6 Å². The van der Waals surface area contributed by atoms with E-state index in [4.69, 9.17) is 4.74 Å². The highest BCUT2D eigenvalue weighted by Crippen LogP contribution is 2.28. The number of para-hydroxylation sites is 1. The fraction of sp³-hybridized carbons (Fsp3) is 0.375. The second kappa shape index (κ2) is 6.54. The summed E-state index contributed by atoms with van der Waals surface area (Å²) in [4.78, 5) is 16.5. The molecule has 0 spiro atoms. The molecule has 7 heteroatoms. The van der Waals surface area contributed by atoms with Crippen molar-refractivity contribution in [3.05, 3.63) is 24.3 Å². The van der Waals surface area contributed by atoms with Crippen LogP contribution in [0.2, 0.25) is 0 Å². The van der Waals surface area contributed by atoms with Gasteiger partial charge in [-0.2, -0.15) is 0 Å². The number of aromatic nitrogens is 4. The largest absolute Gasteiger partial charge is 0.465 e. The van der Waals surface area contributed by atoms with Crippen molar-refractivity contribution >= 4 is 39.8 Å². The van der Waals surface area contributed by atoms with Crippen LogP contribution in [0.1, 0.15) is 20.3 Å². The van der Waals surface area contributed by atoms with Gasteiger partial charge in [-0.1, -0.05) is 36.9 Å². The van der Waals surface area contributed by atoms with Gasteiger partial charge in [-0.15, -0.1) is 10.2 Å². The van der Waals surface area contributed by atoms with Gasteiger partial charge in [-0.3, -0.25) is 4.79 Å². The molecule has 0 fully saturated rings. The maximum Gasteiger partial charge on any atom is 0.319 e. The van der Waals surface area contributed by atoms with Gasteiger partial charge < -0.3 is 9.30 Å². The maximum absolute atomic E-state index is 11.9. The molecule has 0 aliphatic carbocycles. The molecule has 1 atom stereocenters. The molecule has 23 heavy (non-hydrogen) atoms. The Labute approximate surface area is 138 Å². The summed E-state index contributed by atoms with van der Waals surface area (Å²) in [6.45, 7) is 4.11. The molecule has 0 saturated carbocycles. The third-order valence-corrected chi connectivity index (χ3v) is 4.85. The lowest BCUT2D eigenvalue weighted by Gasteiger charge is -2.11. The molecule has 3 aromatic rings. The number of fused-ring (bicyclic) bond motifs is 3. The summed E-state index contributed by atoms with van der Waals surface area (Å²) in [5.41, 5.74) is 2.60. The summed E-state index contributed by atoms with van der Waals surface area (Å²) in [6.07, 6.45) is 0.653. The Morgan fingerprint density at radius 2 is 2.09 bits per heavy atom. The molecule has 120 valence electrons. The predicted octanol–water partition coefficient (Wildman–Crippen LogP) is 2.95. The van der Waals surface area contributed by atoms with Gasteiger partial charge in [0.25, 0.3) is 0 Å². The lowest BCUT2D eigenvalue weighted by atomic mass is 10.2. The number of hydrogen-bond donors (Lipinski definition) is 0. The number of nitrogens with zero attached hydrogens (tertiary/aromatic N) is 4. The first-order valence-electron chi connectivity index (χ1n) is 7.56. The molecule has 0 saturated heterocycles. The number of benzene rings is 1. The highest BCUT2D eigenvalue weighted by Gasteiger charge is 2.22. The average molecular weight is 330 g/mol. The smallest absolute Gasteiger partial charge is 0.319 e. The van der Waals surface area contributed by atoms with Crippen molar-refractivity contribution in [3.63, 3.8) is 0 Å². The van der Waals surface area contributed by atoms with Crippen molar-refractivity contribution in [2.24, 2.45) is 7.05 Å². The minimum absolute atomic E-state index is 0.235. The highest BCUT2D eigenvalue weighted by molar-refractivity contribution is 8.00. The van der Waals surface area contributed by atoms with Crippen LogP contribution in [0, 0.1) is 0 Å². The van der Waals surface area contributed by atoms with E-state index in [0.29, 0.717) is 18.2 Å². The van der Waals surface area contributed by atoms with Crippen molar-refractivity contribution in [2.45, 2.75) is 30.7 Å². The first kappa shape index (κ1) is 15.7. The zero-order valence-electron chi connectivity index (χ0n) is 13.3. The minimum atomic E-state index is -0.316. The first-order valence-corrected chi connectivity index (χ1v) is 8.44. The molecule has 2 heterocycles. The van der Waals surface area contributed by atoms with E-state index in [1.807, 2.05) is 42.8 Å². The summed E-state index contributed by atoms with van der Waals surface area (Å²) >= 11 is 1.30. The highest BCUT2D eigenvalue weighted by atomic mass is 32.2. The van der Waals surface area contributed by atoms with Crippen molar-refractivity contribution < 1.29 is 9.53 Å². The quantitative estimate of drug-likeness (QED) is 0.529. The van der Waals surface area contributed by atoms with Gasteiger partial charge in [0.2, 0.25) is 5.16 Å². The summed E-state index contributed by atoms with van der Waals surface area (Å²) in [7, 11) is 1.95. The maximum atomic E-state index is 11.9. The van der Waals surface area contributed by atoms with Gasteiger partial charge in [-0.05, 0) is 19.4 Å². The van der Waals surface area contributed by atoms with Crippen molar-refractivity contribution in [1.29, 1.82) is 0 Å². The Kier molecular flexibility index (Phi) is 4.47. The molecule has 0 unspecified atom stereocenters. The molecule has 0 amide bonds. The van der Waals surface area contributed by atoms with Crippen LogP contribution in [-0.4, -0.2) is 37.6 Å². The third-order valence-electron chi connectivity index (χ3n) is 3.66. The van der Waals surface area contributed by atoms with Crippen LogP contribution < -0.4 is 0 Å². The van der Waals surface area contributed by atoms with Gasteiger partial charge in [0.05, 0.1) is 12.1 Å². The fourth-order valence-electron chi connectivity index (χ4n) is 2.50. The second-order valence-corrected chi connectivity index (χ2v) is 6.28. The summed E-state index contributed by atoms with van der Waals surface area (Å²) in [6, 6.07) is 7.99. The Hall–Kier alpha value is -2.15. The number of aryl methyl sites for hydroxylation is 1. The SMILES string of the molecule is CCOC(=O)[C@@H](CC)Sc1nnc2c3ccccc3n(C)c2n1. The van der Waals surface area contributed by atoms with Gasteiger partial charge in [-0.25, -0.2) is 4.98 Å². The molecular weight excluding hydrogens is 312 g/mol. The zero-order chi connectivity index (χ0) is 16.4. The number of rotatable bonds is 5. The fourth-order valence-corrected chi connectivity index (χ4v) is 3.32. The Morgan fingerprint density at radius 3 is 2.83 bits per heavy atom. The van der Waals surface area contributed by atoms with Crippen molar-refractivity contribution in [1.82, 2.24) is 19.7 Å². The number of thioether (sulfide) groups is 1. The number of esters is 1. The molecule has 0 radical (unpaired) electrons. The van der Waals surface area contributed by atoms with Gasteiger partial charge in [0.15, 0.2) is 5.65 Å². The van der Waals surface area contributed by atoms with E-state index in [9.17, 15) is 4.79 Å². The van der Waals surface area contributed by atoms with Crippen LogP contribution in [0.3, 0.4) is 0 Å². The summed E-state index contributed by atoms with van der Waals surface area (Å²) < 4.78 is 7.08. The van der Waals surface area contributed by atoms with Crippen LogP contribution in [0.5, 0.6) is 0 Å². The van der Waals surface area contributed by atoms with Crippen LogP contribution in [0.15, 0.2) is 29.4 Å². The first-order chi connectivity index (χ1) is 11.2. The standard InChI is InChI=1S/C16H18N4O2S/c1-4-12(15(21)22-5-2)23-16-17-14-13(18-19-16)10-8-6-7-9-11(10)20(14)3/h6-9,12H,4-5H2,1-3H3/t12-/m1/s1. The summed E-state index contributed by atoms with van der Waals surface area (Å²) in [5.74, 6) is -0.235. The van der Waals surface area contributed by atoms with Gasteiger partial charge in [0.1, 0.15) is 10.8 Å². The topological polar surface area (TPSA) is 69.9 Å². The lowest BCUT2D eigenvalue weighted by Crippen LogP contribution is -2.19. The van der Waals surface area contributed by atoms with E-state index in [1.165, 1.54) is 11.8 Å². The Morgan fingerprint density at radius 1 is 1.30 bits per heavy atom. The van der Waals surface area contributed by atoms with E-state index in [-0.39, 0.29) is 11.2 Å². The van der Waals surface area contributed by atoms with Gasteiger partial charge in [0, 0.05) is 12.4 Å². The van der Waals surface area contributed by atoms with E-state index in [1.54, 1.807) is 6.92 Å². The summed E-state index contributed by atoms with van der Waals surface area (Å²) in [5, 5.41) is 9.70. The molecule has 0 aliphatic rings. The number of carbonyl (C=O) groups excluding carboxylic acids is 1. The normalized spacial score (nSPS) is 12.7. The molecule has 6 nitrogen and oxygen atoms in total. The Balaban J connectivity index is 1.98. The van der Waals surface area contributed by atoms with E-state index in [2.05, 4.69) is 15.2 Å².